The number of halogens is 5. The van der Waals surface area contributed by atoms with Crippen LogP contribution >= 0.6 is 23.2 Å². The Morgan fingerprint density at radius 3 is 1.29 bits per heavy atom. The molecule has 0 atom stereocenters. The van der Waals surface area contributed by atoms with Crippen molar-refractivity contribution in [2.45, 2.75) is 90.8 Å². The second-order valence-electron chi connectivity index (χ2n) is 8.00. The van der Waals surface area contributed by atoms with E-state index in [-0.39, 0.29) is 44.6 Å². The fourth-order valence-electron chi connectivity index (χ4n) is 2.15. The minimum atomic E-state index is -4.87. The first kappa shape index (κ1) is 57.4. The largest absolute Gasteiger partial charge is 0.454 e. The number of benzene rings is 3. The van der Waals surface area contributed by atoms with E-state index in [0.29, 0.717) is 0 Å². The third kappa shape index (κ3) is 32.0. The van der Waals surface area contributed by atoms with Crippen LogP contribution in [-0.4, -0.2) is 23.2 Å². The van der Waals surface area contributed by atoms with Gasteiger partial charge in [-0.3, -0.25) is 9.59 Å². The van der Waals surface area contributed by atoms with E-state index in [9.17, 15) is 22.8 Å². The minimum absolute atomic E-state index is 0. The first-order valence-corrected chi connectivity index (χ1v) is 14.6. The molecule has 5 N–H and O–H groups in total. The molecule has 0 radical (unpaired) electrons. The summed E-state index contributed by atoms with van der Waals surface area (Å²) in [6.45, 7) is 17.7. The zero-order valence-corrected chi connectivity index (χ0v) is 27.7. The maximum absolute atomic E-state index is 11.9. The number of anilines is 3. The van der Waals surface area contributed by atoms with E-state index in [1.165, 1.54) is 18.2 Å². The molecule has 3 rings (SSSR count). The molecule has 3 aromatic carbocycles. The Morgan fingerprint density at radius 2 is 1.00 bits per heavy atom. The van der Waals surface area contributed by atoms with Gasteiger partial charge >= 0.3 is 6.18 Å². The summed E-state index contributed by atoms with van der Waals surface area (Å²) < 4.78 is 35.7. The maximum Gasteiger partial charge on any atom is 0.454 e. The predicted molar refractivity (Wildman–Crippen MR) is 197 cm³/mol. The van der Waals surface area contributed by atoms with Gasteiger partial charge in [0.25, 0.3) is 5.78 Å². The van der Waals surface area contributed by atoms with E-state index in [4.69, 9.17) is 34.7 Å². The van der Waals surface area contributed by atoms with Crippen molar-refractivity contribution in [1.82, 2.24) is 0 Å². The molecular weight excluding hydrogens is 622 g/mol. The highest BCUT2D eigenvalue weighted by Gasteiger charge is 2.40. The predicted octanol–water partition coefficient (Wildman–Crippen LogP) is 12.4. The molecule has 262 valence electrons. The number of carbonyl (C=O) groups is 2. The van der Waals surface area contributed by atoms with Crippen molar-refractivity contribution >= 4 is 52.0 Å². The fraction of sp³-hybridized carbons (Fsp3) is 0.429. The Kier molecular flexibility index (Phi) is 45.0. The Morgan fingerprint density at radius 1 is 0.667 bits per heavy atom. The summed E-state index contributed by atoms with van der Waals surface area (Å²) in [5, 5.41) is 3.04. The number of nitrogens with two attached hydrogens (primary N) is 2. The van der Waals surface area contributed by atoms with Gasteiger partial charge in [0, 0.05) is 22.5 Å². The molecule has 5 nitrogen and oxygen atoms in total. The van der Waals surface area contributed by atoms with Gasteiger partial charge in [-0.05, 0) is 36.4 Å². The molecule has 0 saturated heterocycles. The molecule has 0 aliphatic heterocycles. The Balaban J connectivity index is -0.0000000847. The fourth-order valence-corrected chi connectivity index (χ4v) is 2.15. The minimum Gasteiger partial charge on any atom is -0.399 e. The lowest BCUT2D eigenvalue weighted by atomic mass is 9.95. The molecular formula is C35H60Cl2F3N3O2. The van der Waals surface area contributed by atoms with Gasteiger partial charge in [-0.2, -0.15) is 13.2 Å². The van der Waals surface area contributed by atoms with Crippen molar-refractivity contribution in [2.75, 3.05) is 22.1 Å². The standard InChI is InChI=1S/C11H15NO.C8H6F3NO.C6H7N.3C2H6.CH2Cl2.3CH4/c1-11(2,3)10(13)12-9-7-5-4-6-8-9;9-8(10,11)7(13)5-3-1-2-4-6(5)12;7-6-4-2-1-3-5-6;3*1-2;2-1-3;;;/h4-8H,1-3H3,(H,12,13);1-4H,12H2;1-5H,7H2;3*1-2H3;1H2;3*1H4. The van der Waals surface area contributed by atoms with Crippen LogP contribution in [0.5, 0.6) is 0 Å². The summed E-state index contributed by atoms with van der Waals surface area (Å²) in [7, 11) is 0. The Labute approximate surface area is 282 Å². The Hall–Kier alpha value is -3.23. The number of rotatable bonds is 2. The van der Waals surface area contributed by atoms with Crippen LogP contribution in [0.2, 0.25) is 0 Å². The highest BCUT2D eigenvalue weighted by molar-refractivity contribution is 6.40. The number of ketones is 1. The van der Waals surface area contributed by atoms with Crippen LogP contribution in [0.3, 0.4) is 0 Å². The van der Waals surface area contributed by atoms with Crippen LogP contribution in [0.1, 0.15) is 95.0 Å². The number of hydrogen-bond donors (Lipinski definition) is 3. The summed E-state index contributed by atoms with van der Waals surface area (Å²) in [5.74, 6) is -1.87. The molecule has 0 spiro atoms. The quantitative estimate of drug-likeness (QED) is 0.142. The van der Waals surface area contributed by atoms with E-state index in [2.05, 4.69) is 5.32 Å². The first-order chi connectivity index (χ1) is 19.7. The number of para-hydroxylation sites is 3. The number of carbonyl (C=O) groups excluding carboxylic acids is 2. The smallest absolute Gasteiger partial charge is 0.399 e. The first-order valence-electron chi connectivity index (χ1n) is 13.5. The highest BCUT2D eigenvalue weighted by Crippen LogP contribution is 2.24. The van der Waals surface area contributed by atoms with Crippen molar-refractivity contribution in [2.24, 2.45) is 5.41 Å². The molecule has 3 aromatic rings. The topological polar surface area (TPSA) is 98.2 Å². The molecule has 0 heterocycles. The number of Topliss-reactive ketones (excluding diaryl/α,β-unsaturated/α-hetero) is 1. The lowest BCUT2D eigenvalue weighted by Gasteiger charge is -2.17. The zero-order valence-electron chi connectivity index (χ0n) is 26.2. The SMILES string of the molecule is C.C.C.CC.CC.CC.CC(C)(C)C(=O)Nc1ccccc1.ClCCl.Nc1ccccc1.Nc1ccccc1C(=O)C(F)(F)F. The molecule has 0 unspecified atom stereocenters. The van der Waals surface area contributed by atoms with Gasteiger partial charge < -0.3 is 16.8 Å². The van der Waals surface area contributed by atoms with Crippen LogP contribution in [0.15, 0.2) is 84.9 Å². The summed E-state index contributed by atoms with van der Waals surface area (Å²) in [6.07, 6.45) is -4.87. The maximum atomic E-state index is 11.9. The number of alkyl halides is 5. The molecule has 1 amide bonds. The van der Waals surface area contributed by atoms with Crippen LogP contribution in [-0.2, 0) is 4.79 Å². The van der Waals surface area contributed by atoms with Crippen molar-refractivity contribution in [3.8, 4) is 0 Å². The molecule has 10 heteroatoms. The summed E-state index contributed by atoms with van der Waals surface area (Å²) in [4.78, 5) is 22.2. The van der Waals surface area contributed by atoms with Crippen molar-refractivity contribution in [1.29, 1.82) is 0 Å². The number of nitrogens with one attached hydrogen (secondary N) is 1. The van der Waals surface area contributed by atoms with Gasteiger partial charge in [0.15, 0.2) is 0 Å². The molecule has 0 aromatic heterocycles. The number of hydrogen-bond acceptors (Lipinski definition) is 4. The van der Waals surface area contributed by atoms with E-state index in [0.717, 1.165) is 17.4 Å². The van der Waals surface area contributed by atoms with Gasteiger partial charge in [0.1, 0.15) is 0 Å². The van der Waals surface area contributed by atoms with Gasteiger partial charge in [0.2, 0.25) is 5.91 Å². The average Bonchev–Trinajstić information content (AvgIpc) is 2.97. The zero-order chi connectivity index (χ0) is 33.8. The second kappa shape index (κ2) is 35.3. The van der Waals surface area contributed by atoms with E-state index < -0.39 is 17.5 Å². The summed E-state index contributed by atoms with van der Waals surface area (Å²) >= 11 is 9.53. The van der Waals surface area contributed by atoms with Crippen LogP contribution in [0, 0.1) is 5.41 Å². The number of amides is 1. The normalized spacial score (nSPS) is 8.58. The second-order valence-corrected chi connectivity index (χ2v) is 8.80. The van der Waals surface area contributed by atoms with Crippen molar-refractivity contribution in [3.63, 3.8) is 0 Å². The lowest BCUT2D eigenvalue weighted by molar-refractivity contribution is -0.123. The van der Waals surface area contributed by atoms with E-state index >= 15 is 0 Å². The third-order valence-corrected chi connectivity index (χ3v) is 3.98. The lowest BCUT2D eigenvalue weighted by Crippen LogP contribution is -2.27. The monoisotopic (exact) mass is 681 g/mol. The third-order valence-electron chi connectivity index (χ3n) is 3.98. The molecule has 0 bridgehead atoms. The van der Waals surface area contributed by atoms with E-state index in [1.807, 2.05) is 123 Å². The Bertz CT molecular complexity index is 1050. The van der Waals surface area contributed by atoms with Gasteiger partial charge in [-0.1, -0.05) is 133 Å². The van der Waals surface area contributed by atoms with Gasteiger partial charge in [0.05, 0.1) is 10.9 Å². The van der Waals surface area contributed by atoms with Gasteiger partial charge in [-0.15, -0.1) is 23.2 Å². The van der Waals surface area contributed by atoms with Crippen molar-refractivity contribution < 1.29 is 22.8 Å². The molecule has 0 aliphatic rings. The average molecular weight is 683 g/mol. The van der Waals surface area contributed by atoms with Crippen LogP contribution < -0.4 is 16.8 Å². The number of nitrogen functional groups attached to an aromatic ring is 2. The van der Waals surface area contributed by atoms with E-state index in [1.54, 1.807) is 0 Å². The molecule has 0 fully saturated rings. The highest BCUT2D eigenvalue weighted by atomic mass is 35.5. The molecule has 0 saturated carbocycles. The summed E-state index contributed by atoms with van der Waals surface area (Å²) in [6, 6.07) is 24.1. The van der Waals surface area contributed by atoms with Gasteiger partial charge in [-0.25, -0.2) is 0 Å². The summed E-state index contributed by atoms with van der Waals surface area (Å²) in [5.41, 5.74) is 11.2. The van der Waals surface area contributed by atoms with Crippen molar-refractivity contribution in [3.05, 3.63) is 90.5 Å². The molecule has 45 heavy (non-hydrogen) atoms. The van der Waals surface area contributed by atoms with Crippen LogP contribution in [0.4, 0.5) is 30.2 Å². The van der Waals surface area contributed by atoms with Crippen LogP contribution in [0.25, 0.3) is 0 Å². The molecule has 0 aliphatic carbocycles.